The van der Waals surface area contributed by atoms with E-state index in [1.54, 1.807) is 26.1 Å². The van der Waals surface area contributed by atoms with Crippen LogP contribution >= 0.6 is 0 Å². The second kappa shape index (κ2) is 21.3. The molecule has 0 radical (unpaired) electrons. The highest BCUT2D eigenvalue weighted by atomic mass is 16.6. The molecule has 0 saturated carbocycles. The first kappa shape index (κ1) is 40.4. The fraction of sp³-hybridized carbons (Fsp3) is 0.541. The van der Waals surface area contributed by atoms with Gasteiger partial charge in [-0.3, -0.25) is 19.4 Å². The second-order valence-corrected chi connectivity index (χ2v) is 13.2. The monoisotopic (exact) mass is 708 g/mol. The molecule has 3 rings (SSSR count). The standard InChI is InChI=1S/C37H52N6O8/c1-25(2)30(23-44)40-34(46)31-17-12-21-43(31)35(47)32(26(3)4)42-33(45)29(41-37(49)50-22-18-28-15-8-10-19-38-28)16-9-11-20-39-36(48)51-24-27-13-6-5-7-14-27/h5-8,10,13-15,19,23,25-26,29-32H,9,11-12,16-18,20-22,24H2,1-4H3,(H,39,48)(H,40,46)(H,41,49)(H,42,45)/t29-,30+,31-,32-/m0/s1. The first-order valence-corrected chi connectivity index (χ1v) is 17.6. The number of hydrogen-bond acceptors (Lipinski definition) is 9. The van der Waals surface area contributed by atoms with E-state index >= 15 is 0 Å². The maximum atomic E-state index is 13.8. The van der Waals surface area contributed by atoms with Gasteiger partial charge in [0.05, 0.1) is 12.6 Å². The molecule has 0 bridgehead atoms. The molecule has 1 saturated heterocycles. The predicted molar refractivity (Wildman–Crippen MR) is 189 cm³/mol. The molecule has 2 heterocycles. The molecule has 5 amide bonds. The maximum absolute atomic E-state index is 13.8. The quantitative estimate of drug-likeness (QED) is 0.126. The van der Waals surface area contributed by atoms with Crippen molar-refractivity contribution in [3.05, 3.63) is 66.0 Å². The summed E-state index contributed by atoms with van der Waals surface area (Å²) in [5.41, 5.74) is 1.60. The summed E-state index contributed by atoms with van der Waals surface area (Å²) in [6.07, 6.45) is 3.49. The second-order valence-electron chi connectivity index (χ2n) is 13.2. The lowest BCUT2D eigenvalue weighted by molar-refractivity contribution is -0.143. The van der Waals surface area contributed by atoms with Crippen LogP contribution in [0.3, 0.4) is 0 Å². The highest BCUT2D eigenvalue weighted by Gasteiger charge is 2.40. The number of benzene rings is 1. The van der Waals surface area contributed by atoms with Gasteiger partial charge < -0.3 is 40.4 Å². The zero-order valence-corrected chi connectivity index (χ0v) is 30.0. The third-order valence-corrected chi connectivity index (χ3v) is 8.57. The van der Waals surface area contributed by atoms with Gasteiger partial charge in [0.15, 0.2) is 0 Å². The third-order valence-electron chi connectivity index (χ3n) is 8.57. The number of rotatable bonds is 19. The van der Waals surface area contributed by atoms with Gasteiger partial charge in [-0.2, -0.15) is 0 Å². The number of carbonyl (C=O) groups excluding carboxylic acids is 6. The van der Waals surface area contributed by atoms with Crippen LogP contribution < -0.4 is 21.3 Å². The van der Waals surface area contributed by atoms with E-state index in [0.29, 0.717) is 44.9 Å². The minimum Gasteiger partial charge on any atom is -0.449 e. The summed E-state index contributed by atoms with van der Waals surface area (Å²) >= 11 is 0. The maximum Gasteiger partial charge on any atom is 0.407 e. The summed E-state index contributed by atoms with van der Waals surface area (Å²) < 4.78 is 10.6. The smallest absolute Gasteiger partial charge is 0.407 e. The van der Waals surface area contributed by atoms with E-state index in [0.717, 1.165) is 11.3 Å². The number of hydrogen-bond donors (Lipinski definition) is 4. The van der Waals surface area contributed by atoms with E-state index in [1.807, 2.05) is 56.3 Å². The van der Waals surface area contributed by atoms with Gasteiger partial charge in [-0.15, -0.1) is 0 Å². The molecule has 1 aliphatic heterocycles. The molecule has 14 heteroatoms. The molecule has 14 nitrogen and oxygen atoms in total. The van der Waals surface area contributed by atoms with Gasteiger partial charge >= 0.3 is 12.2 Å². The normalized spacial score (nSPS) is 15.7. The summed E-state index contributed by atoms with van der Waals surface area (Å²) in [6.45, 7) is 7.99. The Morgan fingerprint density at radius 2 is 1.65 bits per heavy atom. The van der Waals surface area contributed by atoms with Crippen molar-refractivity contribution >= 4 is 36.2 Å². The average Bonchev–Trinajstić information content (AvgIpc) is 3.62. The number of aromatic nitrogens is 1. The number of unbranched alkanes of at least 4 members (excludes halogenated alkanes) is 1. The third kappa shape index (κ3) is 13.7. The Hall–Kier alpha value is -5.01. The van der Waals surface area contributed by atoms with Crippen LogP contribution in [0.25, 0.3) is 0 Å². The van der Waals surface area contributed by atoms with Gasteiger partial charge in [0, 0.05) is 31.4 Å². The van der Waals surface area contributed by atoms with Crippen molar-refractivity contribution in [2.75, 3.05) is 19.7 Å². The van der Waals surface area contributed by atoms with Crippen LogP contribution in [0.5, 0.6) is 0 Å². The SMILES string of the molecule is CC(C)[C@H](NC(=O)[C@H](CCCCNC(=O)OCc1ccccc1)NC(=O)OCCc1ccccn1)C(=O)N1CCC[C@H]1C(=O)N[C@H](C=O)C(C)C. The van der Waals surface area contributed by atoms with Crippen molar-refractivity contribution in [2.24, 2.45) is 11.8 Å². The van der Waals surface area contributed by atoms with Gasteiger partial charge in [0.2, 0.25) is 17.7 Å². The molecule has 51 heavy (non-hydrogen) atoms. The van der Waals surface area contributed by atoms with Crippen molar-refractivity contribution in [3.63, 3.8) is 0 Å². The first-order chi connectivity index (χ1) is 24.5. The molecule has 278 valence electrons. The fourth-order valence-electron chi connectivity index (χ4n) is 5.55. The van der Waals surface area contributed by atoms with Crippen LogP contribution in [0.15, 0.2) is 54.7 Å². The Kier molecular flexibility index (Phi) is 16.9. The van der Waals surface area contributed by atoms with Crippen molar-refractivity contribution in [1.29, 1.82) is 0 Å². The number of likely N-dealkylation sites (tertiary alicyclic amines) is 1. The summed E-state index contributed by atoms with van der Waals surface area (Å²) in [5.74, 6) is -1.87. The van der Waals surface area contributed by atoms with E-state index in [2.05, 4.69) is 26.3 Å². The molecule has 4 N–H and O–H groups in total. The van der Waals surface area contributed by atoms with Crippen molar-refractivity contribution in [1.82, 2.24) is 31.2 Å². The Morgan fingerprint density at radius 3 is 2.31 bits per heavy atom. The summed E-state index contributed by atoms with van der Waals surface area (Å²) in [5, 5.41) is 10.9. The molecular formula is C37H52N6O8. The Balaban J connectivity index is 1.61. The number of aldehydes is 1. The number of nitrogens with zero attached hydrogens (tertiary/aromatic N) is 2. The largest absolute Gasteiger partial charge is 0.449 e. The highest BCUT2D eigenvalue weighted by molar-refractivity contribution is 5.94. The number of alkyl carbamates (subject to hydrolysis) is 2. The van der Waals surface area contributed by atoms with Gasteiger partial charge in [0.1, 0.15) is 31.0 Å². The van der Waals surface area contributed by atoms with Gasteiger partial charge in [-0.05, 0) is 61.6 Å². The van der Waals surface area contributed by atoms with Crippen LogP contribution in [0.4, 0.5) is 9.59 Å². The van der Waals surface area contributed by atoms with Crippen molar-refractivity contribution < 1.29 is 38.2 Å². The topological polar surface area (TPSA) is 185 Å². The van der Waals surface area contributed by atoms with E-state index in [-0.39, 0.29) is 38.0 Å². The molecule has 1 aliphatic rings. The summed E-state index contributed by atoms with van der Waals surface area (Å²) in [4.78, 5) is 82.8. The number of pyridine rings is 1. The molecule has 0 unspecified atom stereocenters. The molecule has 1 fully saturated rings. The Bertz CT molecular complexity index is 1420. The molecule has 1 aromatic heterocycles. The van der Waals surface area contributed by atoms with E-state index in [4.69, 9.17) is 9.47 Å². The zero-order chi connectivity index (χ0) is 37.2. The summed E-state index contributed by atoms with van der Waals surface area (Å²) in [6, 6.07) is 11.2. The fourth-order valence-corrected chi connectivity index (χ4v) is 5.55. The molecule has 0 aliphatic carbocycles. The first-order valence-electron chi connectivity index (χ1n) is 17.6. The van der Waals surface area contributed by atoms with Crippen LogP contribution in [-0.2, 0) is 41.7 Å². The van der Waals surface area contributed by atoms with E-state index in [1.165, 1.54) is 4.90 Å². The molecule has 1 aromatic carbocycles. The van der Waals surface area contributed by atoms with E-state index in [9.17, 15) is 28.8 Å². The minimum atomic E-state index is -1.05. The average molecular weight is 709 g/mol. The lowest BCUT2D eigenvalue weighted by Gasteiger charge is -2.32. The van der Waals surface area contributed by atoms with Gasteiger partial charge in [0.25, 0.3) is 0 Å². The van der Waals surface area contributed by atoms with Gasteiger partial charge in [-0.1, -0.05) is 64.1 Å². The number of amides is 5. The number of carbonyl (C=O) groups is 6. The zero-order valence-electron chi connectivity index (χ0n) is 30.0. The number of nitrogens with one attached hydrogen (secondary N) is 4. The van der Waals surface area contributed by atoms with Gasteiger partial charge in [-0.25, -0.2) is 9.59 Å². The van der Waals surface area contributed by atoms with Crippen molar-refractivity contribution in [2.45, 2.75) is 97.0 Å². The number of ether oxygens (including phenoxy) is 2. The van der Waals surface area contributed by atoms with Crippen LogP contribution in [0.2, 0.25) is 0 Å². The van der Waals surface area contributed by atoms with Crippen LogP contribution in [0.1, 0.15) is 71.1 Å². The lowest BCUT2D eigenvalue weighted by Crippen LogP contribution is -2.58. The Labute approximate surface area is 299 Å². The van der Waals surface area contributed by atoms with Crippen LogP contribution in [0, 0.1) is 11.8 Å². The molecule has 2 aromatic rings. The van der Waals surface area contributed by atoms with Crippen molar-refractivity contribution in [3.8, 4) is 0 Å². The Morgan fingerprint density at radius 1 is 0.902 bits per heavy atom. The predicted octanol–water partition coefficient (Wildman–Crippen LogP) is 3.29. The molecule has 4 atom stereocenters. The molecular weight excluding hydrogens is 656 g/mol. The molecule has 0 spiro atoms. The minimum absolute atomic E-state index is 0.0412. The highest BCUT2D eigenvalue weighted by Crippen LogP contribution is 2.21. The summed E-state index contributed by atoms with van der Waals surface area (Å²) in [7, 11) is 0. The van der Waals surface area contributed by atoms with E-state index < -0.39 is 54.1 Å². The lowest BCUT2D eigenvalue weighted by atomic mass is 10.0. The van der Waals surface area contributed by atoms with Crippen LogP contribution in [-0.4, -0.2) is 89.9 Å².